The molecule has 2 aromatic rings. The third kappa shape index (κ3) is 5.04. The number of piperidine rings is 1. The number of rotatable bonds is 6. The van der Waals surface area contributed by atoms with Gasteiger partial charge in [0, 0.05) is 23.7 Å². The summed E-state index contributed by atoms with van der Waals surface area (Å²) in [6, 6.07) is 14.3. The van der Waals surface area contributed by atoms with Crippen molar-refractivity contribution in [3.63, 3.8) is 0 Å². The standard InChI is InChI=1S/C22H25ClN2O3/c1-2-14-28-20-8-4-3-7-19(20)24-21(26)17-6-5-13-25(15-17)22(27)16-9-11-18(23)12-10-16/h3-4,7-12,17H,2,5-6,13-15H2,1H3,(H,24,26). The molecule has 3 rings (SSSR count). The summed E-state index contributed by atoms with van der Waals surface area (Å²) in [7, 11) is 0. The van der Waals surface area contributed by atoms with Crippen LogP contribution in [0.4, 0.5) is 5.69 Å². The van der Waals surface area contributed by atoms with Crippen LogP contribution in [0.1, 0.15) is 36.5 Å². The summed E-state index contributed by atoms with van der Waals surface area (Å²) in [4.78, 5) is 27.3. The number of likely N-dealkylation sites (tertiary alicyclic amines) is 1. The summed E-state index contributed by atoms with van der Waals surface area (Å²) in [6.45, 7) is 3.70. The number of nitrogens with one attached hydrogen (secondary N) is 1. The highest BCUT2D eigenvalue weighted by molar-refractivity contribution is 6.30. The monoisotopic (exact) mass is 400 g/mol. The number of hydrogen-bond donors (Lipinski definition) is 1. The van der Waals surface area contributed by atoms with Crippen LogP contribution in [0.5, 0.6) is 5.75 Å². The Morgan fingerprint density at radius 1 is 1.18 bits per heavy atom. The lowest BCUT2D eigenvalue weighted by molar-refractivity contribution is -0.121. The first kappa shape index (κ1) is 20.2. The van der Waals surface area contributed by atoms with E-state index >= 15 is 0 Å². The molecule has 6 heteroatoms. The van der Waals surface area contributed by atoms with E-state index in [2.05, 4.69) is 5.32 Å². The average molecular weight is 401 g/mol. The van der Waals surface area contributed by atoms with E-state index in [4.69, 9.17) is 16.3 Å². The van der Waals surface area contributed by atoms with Crippen molar-refractivity contribution in [2.45, 2.75) is 26.2 Å². The number of anilines is 1. The molecule has 1 aliphatic heterocycles. The Hall–Kier alpha value is -2.53. The molecule has 0 aromatic heterocycles. The minimum Gasteiger partial charge on any atom is -0.491 e. The largest absolute Gasteiger partial charge is 0.491 e. The van der Waals surface area contributed by atoms with E-state index in [0.717, 1.165) is 19.3 Å². The fourth-order valence-electron chi connectivity index (χ4n) is 3.29. The second-order valence-electron chi connectivity index (χ2n) is 6.93. The van der Waals surface area contributed by atoms with E-state index in [0.29, 0.717) is 41.7 Å². The van der Waals surface area contributed by atoms with Crippen molar-refractivity contribution in [3.8, 4) is 5.75 Å². The van der Waals surface area contributed by atoms with Crippen molar-refractivity contribution in [3.05, 3.63) is 59.1 Å². The van der Waals surface area contributed by atoms with E-state index < -0.39 is 0 Å². The Balaban J connectivity index is 1.65. The van der Waals surface area contributed by atoms with Gasteiger partial charge in [-0.15, -0.1) is 0 Å². The highest BCUT2D eigenvalue weighted by Gasteiger charge is 2.29. The van der Waals surface area contributed by atoms with E-state index in [1.54, 1.807) is 29.2 Å². The van der Waals surface area contributed by atoms with Gasteiger partial charge in [0.15, 0.2) is 0 Å². The van der Waals surface area contributed by atoms with Crippen LogP contribution in [0, 0.1) is 5.92 Å². The molecule has 2 aromatic carbocycles. The predicted octanol–water partition coefficient (Wildman–Crippen LogP) is 4.62. The fraction of sp³-hybridized carbons (Fsp3) is 0.364. The van der Waals surface area contributed by atoms with E-state index in [9.17, 15) is 9.59 Å². The van der Waals surface area contributed by atoms with Crippen LogP contribution in [-0.2, 0) is 4.79 Å². The van der Waals surface area contributed by atoms with Gasteiger partial charge >= 0.3 is 0 Å². The first-order valence-corrected chi connectivity index (χ1v) is 10.0. The minimum atomic E-state index is -0.246. The summed E-state index contributed by atoms with van der Waals surface area (Å²) in [5, 5.41) is 3.57. The molecule has 2 amide bonds. The smallest absolute Gasteiger partial charge is 0.253 e. The van der Waals surface area contributed by atoms with Crippen LogP contribution < -0.4 is 10.1 Å². The molecular formula is C22H25ClN2O3. The van der Waals surface area contributed by atoms with Gasteiger partial charge < -0.3 is 15.0 Å². The highest BCUT2D eigenvalue weighted by atomic mass is 35.5. The Morgan fingerprint density at radius 2 is 1.93 bits per heavy atom. The summed E-state index contributed by atoms with van der Waals surface area (Å²) >= 11 is 5.90. The molecule has 1 aliphatic rings. The van der Waals surface area contributed by atoms with Crippen LogP contribution in [0.15, 0.2) is 48.5 Å². The SMILES string of the molecule is CCCOc1ccccc1NC(=O)C1CCCN(C(=O)c2ccc(Cl)cc2)C1. The number of carbonyl (C=O) groups excluding carboxylic acids is 2. The number of hydrogen-bond acceptors (Lipinski definition) is 3. The zero-order valence-corrected chi connectivity index (χ0v) is 16.7. The molecule has 0 radical (unpaired) electrons. The number of carbonyl (C=O) groups is 2. The summed E-state index contributed by atoms with van der Waals surface area (Å²) < 4.78 is 5.71. The Morgan fingerprint density at radius 3 is 2.68 bits per heavy atom. The Kier molecular flexibility index (Phi) is 6.93. The van der Waals surface area contributed by atoms with E-state index in [1.807, 2.05) is 31.2 Å². The molecule has 0 aliphatic carbocycles. The first-order chi connectivity index (χ1) is 13.6. The Bertz CT molecular complexity index is 823. The van der Waals surface area contributed by atoms with E-state index in [-0.39, 0.29) is 17.7 Å². The summed E-state index contributed by atoms with van der Waals surface area (Å²) in [5.74, 6) is 0.272. The second kappa shape index (κ2) is 9.60. The molecular weight excluding hydrogens is 376 g/mol. The molecule has 148 valence electrons. The normalized spacial score (nSPS) is 16.5. The van der Waals surface area contributed by atoms with Crippen LogP contribution >= 0.6 is 11.6 Å². The maximum Gasteiger partial charge on any atom is 0.253 e. The Labute approximate surface area is 170 Å². The van der Waals surface area contributed by atoms with E-state index in [1.165, 1.54) is 0 Å². The topological polar surface area (TPSA) is 58.6 Å². The number of para-hydroxylation sites is 2. The van der Waals surface area contributed by atoms with Crippen LogP contribution in [0.3, 0.4) is 0 Å². The van der Waals surface area contributed by atoms with Gasteiger partial charge in [-0.1, -0.05) is 30.7 Å². The van der Waals surface area contributed by atoms with Gasteiger partial charge in [0.25, 0.3) is 5.91 Å². The van der Waals surface area contributed by atoms with Gasteiger partial charge in [-0.25, -0.2) is 0 Å². The van der Waals surface area contributed by atoms with Crippen LogP contribution in [-0.4, -0.2) is 36.4 Å². The quantitative estimate of drug-likeness (QED) is 0.769. The lowest BCUT2D eigenvalue weighted by Crippen LogP contribution is -2.43. The lowest BCUT2D eigenvalue weighted by Gasteiger charge is -2.32. The van der Waals surface area contributed by atoms with Crippen molar-refractivity contribution < 1.29 is 14.3 Å². The number of halogens is 1. The molecule has 1 N–H and O–H groups in total. The number of nitrogens with zero attached hydrogens (tertiary/aromatic N) is 1. The zero-order chi connectivity index (χ0) is 19.9. The van der Waals surface area contributed by atoms with Gasteiger partial charge in [0.05, 0.1) is 18.2 Å². The molecule has 1 atom stereocenters. The van der Waals surface area contributed by atoms with Gasteiger partial charge in [-0.3, -0.25) is 9.59 Å². The maximum atomic E-state index is 12.8. The summed E-state index contributed by atoms with van der Waals surface area (Å²) in [5.41, 5.74) is 1.26. The van der Waals surface area contributed by atoms with Crippen LogP contribution in [0.25, 0.3) is 0 Å². The zero-order valence-electron chi connectivity index (χ0n) is 16.0. The van der Waals surface area contributed by atoms with Crippen LogP contribution in [0.2, 0.25) is 5.02 Å². The van der Waals surface area contributed by atoms with Gasteiger partial charge in [-0.2, -0.15) is 0 Å². The predicted molar refractivity (Wildman–Crippen MR) is 111 cm³/mol. The van der Waals surface area contributed by atoms with Crippen molar-refractivity contribution in [1.82, 2.24) is 4.90 Å². The number of amides is 2. The van der Waals surface area contributed by atoms with Crippen molar-refractivity contribution in [1.29, 1.82) is 0 Å². The maximum absolute atomic E-state index is 12.8. The molecule has 0 bridgehead atoms. The van der Waals surface area contributed by atoms with Crippen molar-refractivity contribution in [2.75, 3.05) is 25.0 Å². The third-order valence-corrected chi connectivity index (χ3v) is 5.03. The average Bonchev–Trinajstić information content (AvgIpc) is 2.73. The molecule has 0 saturated carbocycles. The second-order valence-corrected chi connectivity index (χ2v) is 7.37. The van der Waals surface area contributed by atoms with Gasteiger partial charge in [0.2, 0.25) is 5.91 Å². The van der Waals surface area contributed by atoms with Crippen molar-refractivity contribution in [2.24, 2.45) is 5.92 Å². The molecule has 1 unspecified atom stereocenters. The first-order valence-electron chi connectivity index (χ1n) is 9.66. The molecule has 1 fully saturated rings. The van der Waals surface area contributed by atoms with Gasteiger partial charge in [0.1, 0.15) is 5.75 Å². The molecule has 1 heterocycles. The third-order valence-electron chi connectivity index (χ3n) is 4.78. The fourth-order valence-corrected chi connectivity index (χ4v) is 3.42. The summed E-state index contributed by atoms with van der Waals surface area (Å²) in [6.07, 6.45) is 2.45. The lowest BCUT2D eigenvalue weighted by atomic mass is 9.96. The minimum absolute atomic E-state index is 0.0687. The molecule has 1 saturated heterocycles. The highest BCUT2D eigenvalue weighted by Crippen LogP contribution is 2.26. The number of ether oxygens (including phenoxy) is 1. The molecule has 0 spiro atoms. The molecule has 28 heavy (non-hydrogen) atoms. The van der Waals surface area contributed by atoms with Crippen molar-refractivity contribution >= 4 is 29.1 Å². The number of benzene rings is 2. The molecule has 5 nitrogen and oxygen atoms in total. The van der Waals surface area contributed by atoms with Gasteiger partial charge in [-0.05, 0) is 55.7 Å².